The number of nitrogens with two attached hydrogens (primary N) is 1. The third kappa shape index (κ3) is 3.12. The molecule has 0 bridgehead atoms. The van der Waals surface area contributed by atoms with Gasteiger partial charge in [-0.3, -0.25) is 4.79 Å². The number of anilines is 2. The van der Waals surface area contributed by atoms with Gasteiger partial charge in [-0.05, 0) is 48.9 Å². The zero-order valence-electron chi connectivity index (χ0n) is 10.2. The second-order valence-corrected chi connectivity index (χ2v) is 5.07. The summed E-state index contributed by atoms with van der Waals surface area (Å²) in [5.74, 6) is -0.756. The normalized spacial score (nSPS) is 10.3. The smallest absolute Gasteiger partial charge is 0.255 e. The van der Waals surface area contributed by atoms with Gasteiger partial charge < -0.3 is 11.1 Å². The van der Waals surface area contributed by atoms with Gasteiger partial charge in [0.2, 0.25) is 0 Å². The van der Waals surface area contributed by atoms with Gasteiger partial charge >= 0.3 is 0 Å². The van der Waals surface area contributed by atoms with Crippen molar-refractivity contribution in [1.82, 2.24) is 0 Å². The number of aryl methyl sites for hydroxylation is 1. The summed E-state index contributed by atoms with van der Waals surface area (Å²) in [6.45, 7) is 1.85. The number of halogens is 2. The van der Waals surface area contributed by atoms with E-state index in [1.807, 2.05) is 13.0 Å². The van der Waals surface area contributed by atoms with Crippen molar-refractivity contribution in [1.29, 1.82) is 0 Å². The van der Waals surface area contributed by atoms with E-state index in [-0.39, 0.29) is 11.6 Å². The molecule has 0 aliphatic carbocycles. The highest BCUT2D eigenvalue weighted by Crippen LogP contribution is 2.19. The van der Waals surface area contributed by atoms with Crippen molar-refractivity contribution < 1.29 is 9.18 Å². The molecule has 5 heteroatoms. The molecule has 0 heterocycles. The molecule has 0 fully saturated rings. The monoisotopic (exact) mass is 322 g/mol. The molecule has 19 heavy (non-hydrogen) atoms. The van der Waals surface area contributed by atoms with E-state index in [1.54, 1.807) is 12.1 Å². The first kappa shape index (κ1) is 13.5. The van der Waals surface area contributed by atoms with Gasteiger partial charge in [-0.2, -0.15) is 0 Å². The van der Waals surface area contributed by atoms with Gasteiger partial charge in [0.25, 0.3) is 5.91 Å². The molecule has 0 radical (unpaired) electrons. The third-order valence-electron chi connectivity index (χ3n) is 2.69. The average molecular weight is 323 g/mol. The molecule has 0 saturated heterocycles. The Hall–Kier alpha value is -1.88. The van der Waals surface area contributed by atoms with Crippen LogP contribution in [0, 0.1) is 12.7 Å². The summed E-state index contributed by atoms with van der Waals surface area (Å²) in [7, 11) is 0. The number of nitrogen functional groups attached to an aromatic ring is 1. The molecule has 3 nitrogen and oxygen atoms in total. The third-order valence-corrected chi connectivity index (χ3v) is 3.18. The molecule has 2 rings (SSSR count). The van der Waals surface area contributed by atoms with Crippen molar-refractivity contribution in [3.8, 4) is 0 Å². The van der Waals surface area contributed by atoms with Crippen LogP contribution in [-0.4, -0.2) is 5.91 Å². The van der Waals surface area contributed by atoms with Crippen LogP contribution < -0.4 is 11.1 Å². The van der Waals surface area contributed by atoms with Gasteiger partial charge in [0.15, 0.2) is 0 Å². The molecule has 0 saturated carbocycles. The van der Waals surface area contributed by atoms with E-state index >= 15 is 0 Å². The lowest BCUT2D eigenvalue weighted by Crippen LogP contribution is -2.13. The van der Waals surface area contributed by atoms with Crippen molar-refractivity contribution in [3.63, 3.8) is 0 Å². The van der Waals surface area contributed by atoms with E-state index in [1.165, 1.54) is 18.2 Å². The van der Waals surface area contributed by atoms with Gasteiger partial charge in [-0.25, -0.2) is 4.39 Å². The Morgan fingerprint density at radius 1 is 1.26 bits per heavy atom. The highest BCUT2D eigenvalue weighted by molar-refractivity contribution is 9.10. The fourth-order valence-electron chi connectivity index (χ4n) is 1.70. The standard InChI is InChI=1S/C14H12BrFN2O/c1-8-6-9(15)2-4-11(8)14(19)18-10-3-5-12(16)13(17)7-10/h2-7H,17H2,1H3,(H,18,19). The van der Waals surface area contributed by atoms with Crippen LogP contribution in [-0.2, 0) is 0 Å². The van der Waals surface area contributed by atoms with E-state index in [9.17, 15) is 9.18 Å². The van der Waals surface area contributed by atoms with Crippen LogP contribution in [0.1, 0.15) is 15.9 Å². The van der Waals surface area contributed by atoms with Crippen molar-refractivity contribution >= 4 is 33.2 Å². The van der Waals surface area contributed by atoms with E-state index in [2.05, 4.69) is 21.2 Å². The molecule has 2 aromatic carbocycles. The summed E-state index contributed by atoms with van der Waals surface area (Å²) in [4.78, 5) is 12.1. The van der Waals surface area contributed by atoms with Gasteiger partial charge in [0.05, 0.1) is 5.69 Å². The predicted molar refractivity (Wildman–Crippen MR) is 77.6 cm³/mol. The van der Waals surface area contributed by atoms with Gasteiger partial charge in [0, 0.05) is 15.7 Å². The van der Waals surface area contributed by atoms with Crippen LogP contribution in [0.2, 0.25) is 0 Å². The van der Waals surface area contributed by atoms with Crippen molar-refractivity contribution in [3.05, 3.63) is 57.8 Å². The molecular formula is C14H12BrFN2O. The minimum atomic E-state index is -0.502. The number of rotatable bonds is 2. The van der Waals surface area contributed by atoms with E-state index in [0.717, 1.165) is 10.0 Å². The molecule has 0 aliphatic rings. The van der Waals surface area contributed by atoms with E-state index in [4.69, 9.17) is 5.73 Å². The lowest BCUT2D eigenvalue weighted by molar-refractivity contribution is 0.102. The predicted octanol–water partition coefficient (Wildman–Crippen LogP) is 3.73. The van der Waals surface area contributed by atoms with Crippen LogP contribution in [0.25, 0.3) is 0 Å². The molecule has 0 aromatic heterocycles. The lowest BCUT2D eigenvalue weighted by Gasteiger charge is -2.09. The minimum absolute atomic E-state index is 0.00493. The number of amides is 1. The molecule has 0 unspecified atom stereocenters. The van der Waals surface area contributed by atoms with Gasteiger partial charge in [0.1, 0.15) is 5.82 Å². The Morgan fingerprint density at radius 3 is 2.63 bits per heavy atom. The van der Waals surface area contributed by atoms with E-state index < -0.39 is 5.82 Å². The Kier molecular flexibility index (Phi) is 3.85. The average Bonchev–Trinajstić information content (AvgIpc) is 2.33. The summed E-state index contributed by atoms with van der Waals surface area (Å²) in [5, 5.41) is 2.69. The molecule has 3 N–H and O–H groups in total. The fraction of sp³-hybridized carbons (Fsp3) is 0.0714. The molecule has 2 aromatic rings. The zero-order valence-corrected chi connectivity index (χ0v) is 11.8. The largest absolute Gasteiger partial charge is 0.396 e. The molecule has 0 aliphatic heterocycles. The number of hydrogen-bond acceptors (Lipinski definition) is 2. The topological polar surface area (TPSA) is 55.1 Å². The summed E-state index contributed by atoms with van der Waals surface area (Å²) in [6, 6.07) is 9.45. The molecule has 1 amide bonds. The minimum Gasteiger partial charge on any atom is -0.396 e. The van der Waals surface area contributed by atoms with Crippen LogP contribution in [0.4, 0.5) is 15.8 Å². The Morgan fingerprint density at radius 2 is 2.00 bits per heavy atom. The highest BCUT2D eigenvalue weighted by atomic mass is 79.9. The molecule has 98 valence electrons. The second-order valence-electron chi connectivity index (χ2n) is 4.15. The SMILES string of the molecule is Cc1cc(Br)ccc1C(=O)Nc1ccc(F)c(N)c1. The first-order valence-corrected chi connectivity index (χ1v) is 6.39. The van der Waals surface area contributed by atoms with Crippen molar-refractivity contribution in [2.45, 2.75) is 6.92 Å². The van der Waals surface area contributed by atoms with Crippen LogP contribution in [0.15, 0.2) is 40.9 Å². The van der Waals surface area contributed by atoms with Gasteiger partial charge in [-0.15, -0.1) is 0 Å². The molecule has 0 spiro atoms. The van der Waals surface area contributed by atoms with Crippen LogP contribution >= 0.6 is 15.9 Å². The van der Waals surface area contributed by atoms with Crippen molar-refractivity contribution in [2.24, 2.45) is 0 Å². The zero-order chi connectivity index (χ0) is 14.0. The quantitative estimate of drug-likeness (QED) is 0.828. The summed E-state index contributed by atoms with van der Waals surface area (Å²) in [6.07, 6.45) is 0. The maximum atomic E-state index is 13.0. The van der Waals surface area contributed by atoms with Crippen LogP contribution in [0.3, 0.4) is 0 Å². The van der Waals surface area contributed by atoms with Gasteiger partial charge in [-0.1, -0.05) is 15.9 Å². The Balaban J connectivity index is 2.23. The molecular weight excluding hydrogens is 311 g/mol. The highest BCUT2D eigenvalue weighted by Gasteiger charge is 2.10. The number of hydrogen-bond donors (Lipinski definition) is 2. The number of carbonyl (C=O) groups is 1. The Bertz CT molecular complexity index is 643. The number of benzene rings is 2. The second kappa shape index (κ2) is 5.40. The van der Waals surface area contributed by atoms with Crippen LogP contribution in [0.5, 0.6) is 0 Å². The van der Waals surface area contributed by atoms with E-state index in [0.29, 0.717) is 11.3 Å². The summed E-state index contributed by atoms with van der Waals surface area (Å²) >= 11 is 3.34. The lowest BCUT2D eigenvalue weighted by atomic mass is 10.1. The first-order chi connectivity index (χ1) is 8.97. The number of carbonyl (C=O) groups excluding carboxylic acids is 1. The van der Waals surface area contributed by atoms with Crippen molar-refractivity contribution in [2.75, 3.05) is 11.1 Å². The maximum Gasteiger partial charge on any atom is 0.255 e. The fourth-order valence-corrected chi connectivity index (χ4v) is 2.18. The summed E-state index contributed by atoms with van der Waals surface area (Å²) in [5.41, 5.74) is 7.33. The molecule has 0 atom stereocenters. The Labute approximate surface area is 118 Å². The summed E-state index contributed by atoms with van der Waals surface area (Å²) < 4.78 is 13.9. The maximum absolute atomic E-state index is 13.0. The number of nitrogens with one attached hydrogen (secondary N) is 1. The first-order valence-electron chi connectivity index (χ1n) is 5.60.